The molecule has 0 saturated carbocycles. The fourth-order valence-electron chi connectivity index (χ4n) is 3.51. The second-order valence-electron chi connectivity index (χ2n) is 6.99. The normalized spacial score (nSPS) is 24.8. The number of amides is 1. The molecule has 3 N–H and O–H groups in total. The van der Waals surface area contributed by atoms with Crippen molar-refractivity contribution in [2.45, 2.75) is 38.0 Å². The number of nitrogens with two attached hydrogens (primary N) is 1. The third-order valence-electron chi connectivity index (χ3n) is 5.04. The fourth-order valence-corrected chi connectivity index (χ4v) is 3.51. The summed E-state index contributed by atoms with van der Waals surface area (Å²) in [4.78, 5) is 26.1. The number of carboxylic acid groups (broad SMARTS) is 1. The molecule has 1 aromatic carbocycles. The highest BCUT2D eigenvalue weighted by Gasteiger charge is 2.50. The number of hydrogen-bond acceptors (Lipinski definition) is 3. The Labute approximate surface area is 144 Å². The lowest BCUT2D eigenvalue weighted by atomic mass is 9.83. The van der Waals surface area contributed by atoms with E-state index in [1.54, 1.807) is 4.90 Å². The largest absolute Gasteiger partial charge is 0.480 e. The van der Waals surface area contributed by atoms with Crippen LogP contribution in [0.25, 0.3) is 0 Å². The van der Waals surface area contributed by atoms with Crippen LogP contribution in [0.5, 0.6) is 0 Å². The number of nitrogens with zero attached hydrogens (tertiary/aromatic N) is 1. The van der Waals surface area contributed by atoms with Crippen molar-refractivity contribution in [1.29, 1.82) is 0 Å². The van der Waals surface area contributed by atoms with Gasteiger partial charge in [0.05, 0.1) is 0 Å². The second-order valence-corrected chi connectivity index (χ2v) is 6.99. The molecule has 1 aliphatic rings. The summed E-state index contributed by atoms with van der Waals surface area (Å²) >= 11 is 0. The van der Waals surface area contributed by atoms with E-state index in [2.05, 4.69) is 7.85 Å². The Hall–Kier alpha value is -1.82. The Morgan fingerprint density at radius 3 is 2.67 bits per heavy atom. The highest BCUT2D eigenvalue weighted by atomic mass is 16.4. The van der Waals surface area contributed by atoms with Crippen LogP contribution < -0.4 is 5.73 Å². The first-order chi connectivity index (χ1) is 11.4. The van der Waals surface area contributed by atoms with E-state index in [9.17, 15) is 14.7 Å². The van der Waals surface area contributed by atoms with Crippen molar-refractivity contribution in [1.82, 2.24) is 4.90 Å². The highest BCUT2D eigenvalue weighted by molar-refractivity contribution is 6.08. The molecule has 130 valence electrons. The molecule has 2 rings (SSSR count). The minimum Gasteiger partial charge on any atom is -0.480 e. The molecule has 0 bridgehead atoms. The van der Waals surface area contributed by atoms with Crippen LogP contribution in [0.1, 0.15) is 25.3 Å². The third-order valence-corrected chi connectivity index (χ3v) is 5.04. The van der Waals surface area contributed by atoms with Gasteiger partial charge < -0.3 is 15.7 Å². The summed E-state index contributed by atoms with van der Waals surface area (Å²) in [6, 6.07) is 9.87. The Kier molecular flexibility index (Phi) is 6.05. The van der Waals surface area contributed by atoms with Crippen molar-refractivity contribution in [3.8, 4) is 0 Å². The Morgan fingerprint density at radius 1 is 1.42 bits per heavy atom. The maximum atomic E-state index is 12.8. The van der Waals surface area contributed by atoms with E-state index in [1.807, 2.05) is 37.3 Å². The maximum absolute atomic E-state index is 12.8. The average Bonchev–Trinajstić information content (AvgIpc) is 2.91. The van der Waals surface area contributed by atoms with Crippen molar-refractivity contribution < 1.29 is 14.7 Å². The van der Waals surface area contributed by atoms with Crippen molar-refractivity contribution in [3.63, 3.8) is 0 Å². The number of benzene rings is 1. The molecule has 1 aliphatic heterocycles. The summed E-state index contributed by atoms with van der Waals surface area (Å²) in [7, 11) is 2.07. The van der Waals surface area contributed by atoms with E-state index in [4.69, 9.17) is 5.73 Å². The summed E-state index contributed by atoms with van der Waals surface area (Å²) < 4.78 is 0. The van der Waals surface area contributed by atoms with Gasteiger partial charge in [-0.25, -0.2) is 0 Å². The number of carbonyl (C=O) groups excluding carboxylic acids is 1. The van der Waals surface area contributed by atoms with Gasteiger partial charge in [0.2, 0.25) is 5.91 Å². The number of carboxylic acids is 1. The van der Waals surface area contributed by atoms with Gasteiger partial charge in [0.1, 0.15) is 13.4 Å². The van der Waals surface area contributed by atoms with Crippen molar-refractivity contribution >= 4 is 19.7 Å². The second kappa shape index (κ2) is 7.84. The minimum absolute atomic E-state index is 0.00562. The van der Waals surface area contributed by atoms with Crippen LogP contribution in [0, 0.1) is 11.8 Å². The zero-order valence-electron chi connectivity index (χ0n) is 14.6. The molecular formula is C18H27BN2O3. The van der Waals surface area contributed by atoms with E-state index in [0.717, 1.165) is 24.7 Å². The van der Waals surface area contributed by atoms with E-state index >= 15 is 0 Å². The van der Waals surface area contributed by atoms with Crippen LogP contribution in [-0.2, 0) is 16.0 Å². The summed E-state index contributed by atoms with van der Waals surface area (Å²) in [5.41, 5.74) is 5.96. The summed E-state index contributed by atoms with van der Waals surface area (Å²) in [5, 5.41) is 9.55. The van der Waals surface area contributed by atoms with Crippen molar-refractivity contribution in [3.05, 3.63) is 35.9 Å². The number of rotatable bonds is 7. The zero-order valence-corrected chi connectivity index (χ0v) is 14.6. The van der Waals surface area contributed by atoms with Crippen LogP contribution in [0.3, 0.4) is 0 Å². The monoisotopic (exact) mass is 330 g/mol. The van der Waals surface area contributed by atoms with Gasteiger partial charge in [-0.15, -0.1) is 0 Å². The molecule has 1 aromatic rings. The lowest BCUT2D eigenvalue weighted by Crippen LogP contribution is -2.55. The first-order valence-electron chi connectivity index (χ1n) is 8.73. The lowest BCUT2D eigenvalue weighted by molar-refractivity contribution is -0.144. The van der Waals surface area contributed by atoms with Gasteiger partial charge in [-0.3, -0.25) is 9.59 Å². The van der Waals surface area contributed by atoms with Crippen LogP contribution in [0.2, 0.25) is 6.32 Å². The van der Waals surface area contributed by atoms with Crippen LogP contribution >= 0.6 is 0 Å². The van der Waals surface area contributed by atoms with E-state index < -0.39 is 11.5 Å². The van der Waals surface area contributed by atoms with Gasteiger partial charge in [0.25, 0.3) is 0 Å². The predicted molar refractivity (Wildman–Crippen MR) is 96.5 cm³/mol. The van der Waals surface area contributed by atoms with E-state index in [0.29, 0.717) is 13.0 Å². The molecule has 1 saturated heterocycles. The van der Waals surface area contributed by atoms with Crippen molar-refractivity contribution in [2.75, 3.05) is 13.1 Å². The SMILES string of the molecule is BCCC[C@H]1CN(C(=O)[C@@H](C)Cc2ccccc2)C[C@@]1(N)C(=O)O. The Morgan fingerprint density at radius 2 is 2.08 bits per heavy atom. The number of carbonyl (C=O) groups is 2. The van der Waals surface area contributed by atoms with E-state index in [-0.39, 0.29) is 24.3 Å². The van der Waals surface area contributed by atoms with Gasteiger partial charge in [-0.1, -0.05) is 50.0 Å². The first kappa shape index (κ1) is 18.5. The van der Waals surface area contributed by atoms with Crippen LogP contribution in [0.15, 0.2) is 30.3 Å². The van der Waals surface area contributed by atoms with Gasteiger partial charge in [-0.05, 0) is 18.4 Å². The summed E-state index contributed by atoms with van der Waals surface area (Å²) in [6.45, 7) is 2.45. The number of likely N-dealkylation sites (tertiary alicyclic amines) is 1. The Bertz CT molecular complexity index is 581. The molecule has 1 fully saturated rings. The average molecular weight is 330 g/mol. The molecule has 6 heteroatoms. The molecule has 1 amide bonds. The smallest absolute Gasteiger partial charge is 0.325 e. The third kappa shape index (κ3) is 3.98. The first-order valence-corrected chi connectivity index (χ1v) is 8.73. The highest BCUT2D eigenvalue weighted by Crippen LogP contribution is 2.31. The molecule has 5 nitrogen and oxygen atoms in total. The molecule has 0 radical (unpaired) electrons. The van der Waals surface area contributed by atoms with Gasteiger partial charge in [-0.2, -0.15) is 0 Å². The van der Waals surface area contributed by atoms with Gasteiger partial charge in [0, 0.05) is 24.9 Å². The predicted octanol–water partition coefficient (Wildman–Crippen LogP) is 0.937. The molecule has 1 heterocycles. The molecule has 0 aromatic heterocycles. The van der Waals surface area contributed by atoms with Gasteiger partial charge >= 0.3 is 5.97 Å². The van der Waals surface area contributed by atoms with Gasteiger partial charge in [0.15, 0.2) is 0 Å². The summed E-state index contributed by atoms with van der Waals surface area (Å²) in [6.07, 6.45) is 3.32. The zero-order chi connectivity index (χ0) is 17.7. The van der Waals surface area contributed by atoms with Crippen LogP contribution in [0.4, 0.5) is 0 Å². The fraction of sp³-hybridized carbons (Fsp3) is 0.556. The maximum Gasteiger partial charge on any atom is 0.325 e. The Balaban J connectivity index is 2.05. The molecule has 3 atom stereocenters. The quantitative estimate of drug-likeness (QED) is 0.729. The molecule has 24 heavy (non-hydrogen) atoms. The molecular weight excluding hydrogens is 303 g/mol. The molecule has 0 unspecified atom stereocenters. The van der Waals surface area contributed by atoms with E-state index in [1.165, 1.54) is 0 Å². The molecule has 0 aliphatic carbocycles. The van der Waals surface area contributed by atoms with Crippen molar-refractivity contribution in [2.24, 2.45) is 17.6 Å². The molecule has 0 spiro atoms. The minimum atomic E-state index is -1.32. The topological polar surface area (TPSA) is 83.6 Å². The van der Waals surface area contributed by atoms with Crippen LogP contribution in [-0.4, -0.2) is 48.4 Å². The lowest BCUT2D eigenvalue weighted by Gasteiger charge is -2.25. The standard InChI is InChI=1S/C18H27BN2O3/c1-13(10-14-6-3-2-4-7-14)16(22)21-11-15(8-5-9-19)18(20,12-21)17(23)24/h2-4,6-7,13,15H,5,8-12,19-20H2,1H3,(H,23,24)/t13-,15-,18-/m0/s1. The summed E-state index contributed by atoms with van der Waals surface area (Å²) in [5.74, 6) is -1.37. The number of hydrogen-bond donors (Lipinski definition) is 2. The number of aliphatic carboxylic acids is 1.